The zero-order chi connectivity index (χ0) is 16.1. The first-order chi connectivity index (χ1) is 10.5. The van der Waals surface area contributed by atoms with Gasteiger partial charge < -0.3 is 4.74 Å². The summed E-state index contributed by atoms with van der Waals surface area (Å²) in [5.74, 6) is 0.745. The fourth-order valence-electron chi connectivity index (χ4n) is 1.88. The van der Waals surface area contributed by atoms with Gasteiger partial charge in [-0.25, -0.2) is 9.37 Å². The quantitative estimate of drug-likeness (QED) is 0.766. The van der Waals surface area contributed by atoms with Gasteiger partial charge in [0, 0.05) is 18.1 Å². The Morgan fingerprint density at radius 2 is 1.91 bits per heavy atom. The summed E-state index contributed by atoms with van der Waals surface area (Å²) in [7, 11) is 0. The number of hydrogen-bond acceptors (Lipinski definition) is 4. The number of benzene rings is 1. The van der Waals surface area contributed by atoms with Crippen LogP contribution in [-0.4, -0.2) is 22.4 Å². The van der Waals surface area contributed by atoms with Crippen molar-refractivity contribution in [1.82, 2.24) is 9.97 Å². The molecule has 0 aliphatic heterocycles. The molecule has 0 atom stereocenters. The lowest BCUT2D eigenvalue weighted by atomic mass is 10.1. The molecule has 0 fully saturated rings. The monoisotopic (exact) mass is 302 g/mol. The van der Waals surface area contributed by atoms with Gasteiger partial charge in [-0.05, 0) is 30.2 Å². The standard InChI is InChI=1S/C17H19FN2O2/c1-4-16-19-14(11(2)3)9-17(20-16)22-10-15(21)12-5-7-13(18)8-6-12/h5-9,11H,4,10H2,1-3H3. The van der Waals surface area contributed by atoms with Crippen LogP contribution in [0.5, 0.6) is 5.88 Å². The molecule has 116 valence electrons. The zero-order valence-corrected chi connectivity index (χ0v) is 13.0. The molecule has 5 heteroatoms. The maximum atomic E-state index is 12.8. The van der Waals surface area contributed by atoms with Crippen molar-refractivity contribution in [3.8, 4) is 5.88 Å². The topological polar surface area (TPSA) is 52.1 Å². The highest BCUT2D eigenvalue weighted by atomic mass is 19.1. The molecular formula is C17H19FN2O2. The number of rotatable bonds is 6. The van der Waals surface area contributed by atoms with Crippen LogP contribution in [0.3, 0.4) is 0 Å². The number of carbonyl (C=O) groups is 1. The van der Waals surface area contributed by atoms with Gasteiger partial charge in [0.25, 0.3) is 0 Å². The van der Waals surface area contributed by atoms with E-state index in [1.165, 1.54) is 24.3 Å². The maximum Gasteiger partial charge on any atom is 0.217 e. The summed E-state index contributed by atoms with van der Waals surface area (Å²) >= 11 is 0. The summed E-state index contributed by atoms with van der Waals surface area (Å²) in [6.07, 6.45) is 0.697. The number of nitrogens with zero attached hydrogens (tertiary/aromatic N) is 2. The Morgan fingerprint density at radius 1 is 1.23 bits per heavy atom. The summed E-state index contributed by atoms with van der Waals surface area (Å²) in [6, 6.07) is 7.14. The molecule has 0 aliphatic carbocycles. The van der Waals surface area contributed by atoms with Crippen molar-refractivity contribution >= 4 is 5.78 Å². The molecule has 0 radical (unpaired) electrons. The lowest BCUT2D eigenvalue weighted by Crippen LogP contribution is -2.13. The first kappa shape index (κ1) is 16.1. The number of carbonyl (C=O) groups excluding carboxylic acids is 1. The predicted molar refractivity (Wildman–Crippen MR) is 81.7 cm³/mol. The van der Waals surface area contributed by atoms with Crippen LogP contribution >= 0.6 is 0 Å². The number of halogens is 1. The fourth-order valence-corrected chi connectivity index (χ4v) is 1.88. The van der Waals surface area contributed by atoms with Gasteiger partial charge in [-0.15, -0.1) is 0 Å². The number of aromatic nitrogens is 2. The third kappa shape index (κ3) is 4.10. The molecule has 4 nitrogen and oxygen atoms in total. The molecule has 0 N–H and O–H groups in total. The van der Waals surface area contributed by atoms with Gasteiger partial charge in [-0.3, -0.25) is 4.79 Å². The molecule has 0 amide bonds. The second-order valence-electron chi connectivity index (χ2n) is 5.27. The number of ketones is 1. The molecule has 0 spiro atoms. The van der Waals surface area contributed by atoms with Gasteiger partial charge in [0.15, 0.2) is 12.4 Å². The van der Waals surface area contributed by atoms with E-state index in [0.717, 1.165) is 5.69 Å². The van der Waals surface area contributed by atoms with Crippen molar-refractivity contribution in [2.75, 3.05) is 6.61 Å². The van der Waals surface area contributed by atoms with Crippen molar-refractivity contribution in [2.24, 2.45) is 0 Å². The van der Waals surface area contributed by atoms with Crippen molar-refractivity contribution in [1.29, 1.82) is 0 Å². The Labute approximate surface area is 129 Å². The number of ether oxygens (including phenoxy) is 1. The SMILES string of the molecule is CCc1nc(OCC(=O)c2ccc(F)cc2)cc(C(C)C)n1. The normalized spacial score (nSPS) is 10.8. The molecule has 0 saturated heterocycles. The van der Waals surface area contributed by atoms with Gasteiger partial charge in [0.2, 0.25) is 5.88 Å². The fraction of sp³-hybridized carbons (Fsp3) is 0.353. The molecule has 2 aromatic rings. The van der Waals surface area contributed by atoms with Crippen LogP contribution in [0, 0.1) is 5.82 Å². The lowest BCUT2D eigenvalue weighted by Gasteiger charge is -2.10. The highest BCUT2D eigenvalue weighted by Crippen LogP contribution is 2.17. The summed E-state index contributed by atoms with van der Waals surface area (Å²) in [5, 5.41) is 0. The molecule has 22 heavy (non-hydrogen) atoms. The number of aryl methyl sites for hydroxylation is 1. The van der Waals surface area contributed by atoms with Crippen LogP contribution in [-0.2, 0) is 6.42 Å². The Morgan fingerprint density at radius 3 is 2.50 bits per heavy atom. The van der Waals surface area contributed by atoms with Crippen molar-refractivity contribution < 1.29 is 13.9 Å². The van der Waals surface area contributed by atoms with Gasteiger partial charge in [0.1, 0.15) is 11.6 Å². The summed E-state index contributed by atoms with van der Waals surface area (Å²) in [6.45, 7) is 5.90. The van der Waals surface area contributed by atoms with E-state index in [0.29, 0.717) is 23.7 Å². The van der Waals surface area contributed by atoms with E-state index in [1.54, 1.807) is 6.07 Å². The Bertz CT molecular complexity index is 654. The van der Waals surface area contributed by atoms with E-state index in [9.17, 15) is 9.18 Å². The van der Waals surface area contributed by atoms with Gasteiger partial charge >= 0.3 is 0 Å². The van der Waals surface area contributed by atoms with E-state index >= 15 is 0 Å². The van der Waals surface area contributed by atoms with Crippen LogP contribution in [0.25, 0.3) is 0 Å². The van der Waals surface area contributed by atoms with E-state index in [4.69, 9.17) is 4.74 Å². The largest absolute Gasteiger partial charge is 0.469 e. The minimum atomic E-state index is -0.373. The molecule has 0 unspecified atom stereocenters. The lowest BCUT2D eigenvalue weighted by molar-refractivity contribution is 0.0917. The Kier molecular flexibility index (Phi) is 5.20. The number of hydrogen-bond donors (Lipinski definition) is 0. The third-order valence-electron chi connectivity index (χ3n) is 3.19. The second-order valence-corrected chi connectivity index (χ2v) is 5.27. The van der Waals surface area contributed by atoms with E-state index < -0.39 is 0 Å². The third-order valence-corrected chi connectivity index (χ3v) is 3.19. The van der Waals surface area contributed by atoms with E-state index in [1.807, 2.05) is 20.8 Å². The highest BCUT2D eigenvalue weighted by molar-refractivity contribution is 5.97. The van der Waals surface area contributed by atoms with Crippen molar-refractivity contribution in [2.45, 2.75) is 33.1 Å². The molecule has 0 saturated carbocycles. The predicted octanol–water partition coefficient (Wildman–Crippen LogP) is 3.56. The molecule has 1 heterocycles. The summed E-state index contributed by atoms with van der Waals surface area (Å²) in [5.41, 5.74) is 1.30. The first-order valence-electron chi connectivity index (χ1n) is 7.29. The van der Waals surface area contributed by atoms with Crippen molar-refractivity contribution in [3.63, 3.8) is 0 Å². The minimum absolute atomic E-state index is 0.136. The van der Waals surface area contributed by atoms with Crippen LogP contribution in [0.4, 0.5) is 4.39 Å². The van der Waals surface area contributed by atoms with Crippen LogP contribution in [0.15, 0.2) is 30.3 Å². The Hall–Kier alpha value is -2.30. The summed E-state index contributed by atoms with van der Waals surface area (Å²) < 4.78 is 18.3. The zero-order valence-electron chi connectivity index (χ0n) is 13.0. The van der Waals surface area contributed by atoms with Crippen molar-refractivity contribution in [3.05, 3.63) is 53.2 Å². The van der Waals surface area contributed by atoms with Gasteiger partial charge in [0.05, 0.1) is 5.69 Å². The van der Waals surface area contributed by atoms with Gasteiger partial charge in [-0.2, -0.15) is 4.98 Å². The smallest absolute Gasteiger partial charge is 0.217 e. The molecule has 2 rings (SSSR count). The molecule has 1 aromatic heterocycles. The van der Waals surface area contributed by atoms with Crippen LogP contribution in [0.1, 0.15) is 48.6 Å². The minimum Gasteiger partial charge on any atom is -0.469 e. The average Bonchev–Trinajstić information content (AvgIpc) is 2.52. The molecule has 1 aromatic carbocycles. The van der Waals surface area contributed by atoms with Gasteiger partial charge in [-0.1, -0.05) is 20.8 Å². The Balaban J connectivity index is 2.09. The number of Topliss-reactive ketones (excluding diaryl/α,β-unsaturated/α-hetero) is 1. The summed E-state index contributed by atoms with van der Waals surface area (Å²) in [4.78, 5) is 20.7. The van der Waals surface area contributed by atoms with E-state index in [2.05, 4.69) is 9.97 Å². The molecule has 0 bridgehead atoms. The second kappa shape index (κ2) is 7.11. The maximum absolute atomic E-state index is 12.8. The highest BCUT2D eigenvalue weighted by Gasteiger charge is 2.11. The molecular weight excluding hydrogens is 283 g/mol. The van der Waals surface area contributed by atoms with E-state index in [-0.39, 0.29) is 24.1 Å². The van der Waals surface area contributed by atoms with Crippen LogP contribution in [0.2, 0.25) is 0 Å². The first-order valence-corrected chi connectivity index (χ1v) is 7.29. The molecule has 0 aliphatic rings. The average molecular weight is 302 g/mol. The van der Waals surface area contributed by atoms with Crippen LogP contribution < -0.4 is 4.74 Å².